The van der Waals surface area contributed by atoms with Gasteiger partial charge in [-0.15, -0.1) is 0 Å². The summed E-state index contributed by atoms with van der Waals surface area (Å²) in [6.07, 6.45) is 3.74. The number of hydrogen-bond donors (Lipinski definition) is 1. The SMILES string of the molecule is COc1c(Cl)cc2c(c1CO)C1CCC2C1. The second-order valence-corrected chi connectivity index (χ2v) is 5.15. The van der Waals surface area contributed by atoms with Crippen molar-refractivity contribution in [3.8, 4) is 5.75 Å². The Morgan fingerprint density at radius 2 is 2.19 bits per heavy atom. The molecule has 2 nitrogen and oxygen atoms in total. The Balaban J connectivity index is 2.24. The molecule has 86 valence electrons. The Kier molecular flexibility index (Phi) is 2.37. The maximum absolute atomic E-state index is 9.53. The molecule has 1 N–H and O–H groups in total. The number of ether oxygens (including phenoxy) is 1. The standard InChI is InChI=1S/C13H15ClO2/c1-16-13-10(6-15)12-8-3-2-7(4-8)9(12)5-11(13)14/h5,7-8,15H,2-4,6H2,1H3. The topological polar surface area (TPSA) is 29.5 Å². The van der Waals surface area contributed by atoms with E-state index in [1.54, 1.807) is 7.11 Å². The van der Waals surface area contributed by atoms with Crippen LogP contribution in [0, 0.1) is 0 Å². The van der Waals surface area contributed by atoms with Gasteiger partial charge in [0, 0.05) is 5.56 Å². The Hall–Kier alpha value is -0.730. The molecule has 3 heteroatoms. The van der Waals surface area contributed by atoms with E-state index in [9.17, 15) is 5.11 Å². The largest absolute Gasteiger partial charge is 0.495 e. The normalized spacial score (nSPS) is 25.9. The molecule has 0 heterocycles. The number of halogens is 1. The van der Waals surface area contributed by atoms with Crippen LogP contribution >= 0.6 is 11.6 Å². The summed E-state index contributed by atoms with van der Waals surface area (Å²) >= 11 is 6.19. The maximum atomic E-state index is 9.53. The minimum atomic E-state index is 0.0231. The van der Waals surface area contributed by atoms with Gasteiger partial charge in [0.2, 0.25) is 0 Å². The molecule has 0 saturated heterocycles. The fourth-order valence-corrected chi connectivity index (χ4v) is 3.75. The first-order valence-electron chi connectivity index (χ1n) is 5.76. The van der Waals surface area contributed by atoms with Crippen LogP contribution in [0.1, 0.15) is 47.8 Å². The monoisotopic (exact) mass is 238 g/mol. The predicted molar refractivity (Wildman–Crippen MR) is 63.3 cm³/mol. The predicted octanol–water partition coefficient (Wildman–Crippen LogP) is 3.21. The average Bonchev–Trinajstić information content (AvgIpc) is 2.87. The molecule has 3 rings (SSSR count). The van der Waals surface area contributed by atoms with E-state index in [-0.39, 0.29) is 6.61 Å². The van der Waals surface area contributed by atoms with Crippen molar-refractivity contribution in [1.29, 1.82) is 0 Å². The molecule has 0 radical (unpaired) electrons. The molecule has 2 aliphatic carbocycles. The second kappa shape index (κ2) is 3.64. The summed E-state index contributed by atoms with van der Waals surface area (Å²) in [6.45, 7) is 0.0231. The van der Waals surface area contributed by atoms with E-state index in [4.69, 9.17) is 16.3 Å². The van der Waals surface area contributed by atoms with Crippen LogP contribution in [0.2, 0.25) is 5.02 Å². The number of benzene rings is 1. The highest BCUT2D eigenvalue weighted by Crippen LogP contribution is 2.56. The number of aliphatic hydroxyl groups excluding tert-OH is 1. The fraction of sp³-hybridized carbons (Fsp3) is 0.538. The highest BCUT2D eigenvalue weighted by Gasteiger charge is 2.39. The van der Waals surface area contributed by atoms with Gasteiger partial charge in [-0.1, -0.05) is 11.6 Å². The molecule has 1 aromatic carbocycles. The van der Waals surface area contributed by atoms with Gasteiger partial charge in [-0.3, -0.25) is 0 Å². The van der Waals surface area contributed by atoms with Crippen molar-refractivity contribution in [3.63, 3.8) is 0 Å². The Labute approximate surface area is 100 Å². The van der Waals surface area contributed by atoms with E-state index >= 15 is 0 Å². The van der Waals surface area contributed by atoms with E-state index in [1.165, 1.54) is 30.4 Å². The minimum absolute atomic E-state index is 0.0231. The van der Waals surface area contributed by atoms with Crippen LogP contribution in [0.3, 0.4) is 0 Å². The Morgan fingerprint density at radius 3 is 2.88 bits per heavy atom. The number of rotatable bonds is 2. The van der Waals surface area contributed by atoms with Crippen LogP contribution in [-0.4, -0.2) is 12.2 Å². The number of hydrogen-bond acceptors (Lipinski definition) is 2. The van der Waals surface area contributed by atoms with Crippen LogP contribution in [0.5, 0.6) is 5.75 Å². The van der Waals surface area contributed by atoms with Gasteiger partial charge in [-0.2, -0.15) is 0 Å². The molecule has 0 amide bonds. The number of methoxy groups -OCH3 is 1. The lowest BCUT2D eigenvalue weighted by Crippen LogP contribution is -2.05. The van der Waals surface area contributed by atoms with Gasteiger partial charge in [-0.25, -0.2) is 0 Å². The van der Waals surface area contributed by atoms with Crippen molar-refractivity contribution < 1.29 is 9.84 Å². The maximum Gasteiger partial charge on any atom is 0.143 e. The Morgan fingerprint density at radius 1 is 1.44 bits per heavy atom. The molecule has 2 unspecified atom stereocenters. The van der Waals surface area contributed by atoms with Crippen LogP contribution in [-0.2, 0) is 6.61 Å². The van der Waals surface area contributed by atoms with E-state index < -0.39 is 0 Å². The first-order valence-corrected chi connectivity index (χ1v) is 6.14. The van der Waals surface area contributed by atoms with Crippen LogP contribution in [0.15, 0.2) is 6.07 Å². The lowest BCUT2D eigenvalue weighted by Gasteiger charge is -2.21. The van der Waals surface area contributed by atoms with Crippen molar-refractivity contribution >= 4 is 11.6 Å². The van der Waals surface area contributed by atoms with Gasteiger partial charge in [0.25, 0.3) is 0 Å². The van der Waals surface area contributed by atoms with Crippen LogP contribution in [0.4, 0.5) is 0 Å². The summed E-state index contributed by atoms with van der Waals surface area (Å²) in [5, 5.41) is 10.2. The fourth-order valence-electron chi connectivity index (χ4n) is 3.44. The van der Waals surface area contributed by atoms with Crippen molar-refractivity contribution in [2.75, 3.05) is 7.11 Å². The molecular weight excluding hydrogens is 224 g/mol. The van der Waals surface area contributed by atoms with Gasteiger partial charge in [0.1, 0.15) is 5.75 Å². The van der Waals surface area contributed by atoms with Crippen LogP contribution < -0.4 is 4.74 Å². The molecule has 0 aliphatic heterocycles. The third-order valence-corrected chi connectivity index (χ3v) is 4.33. The third kappa shape index (κ3) is 1.23. The van der Waals surface area contributed by atoms with E-state index in [0.29, 0.717) is 22.6 Å². The lowest BCUT2D eigenvalue weighted by molar-refractivity contribution is 0.271. The molecule has 1 fully saturated rings. The van der Waals surface area contributed by atoms with Crippen LogP contribution in [0.25, 0.3) is 0 Å². The zero-order valence-corrected chi connectivity index (χ0v) is 10.0. The Bertz CT molecular complexity index is 442. The molecule has 1 aromatic rings. The molecule has 2 aliphatic rings. The molecule has 2 bridgehead atoms. The summed E-state index contributed by atoms with van der Waals surface area (Å²) in [4.78, 5) is 0. The summed E-state index contributed by atoms with van der Waals surface area (Å²) in [7, 11) is 1.61. The lowest BCUT2D eigenvalue weighted by atomic mass is 9.88. The van der Waals surface area contributed by atoms with E-state index in [2.05, 4.69) is 0 Å². The smallest absolute Gasteiger partial charge is 0.143 e. The highest BCUT2D eigenvalue weighted by molar-refractivity contribution is 6.32. The zero-order valence-electron chi connectivity index (χ0n) is 9.29. The van der Waals surface area contributed by atoms with E-state index in [0.717, 1.165) is 5.56 Å². The van der Waals surface area contributed by atoms with Gasteiger partial charge in [-0.05, 0) is 48.3 Å². The zero-order chi connectivity index (χ0) is 11.3. The van der Waals surface area contributed by atoms with Crippen molar-refractivity contribution in [2.24, 2.45) is 0 Å². The van der Waals surface area contributed by atoms with Crippen molar-refractivity contribution in [2.45, 2.75) is 37.7 Å². The van der Waals surface area contributed by atoms with Gasteiger partial charge in [0.15, 0.2) is 0 Å². The molecule has 0 aromatic heterocycles. The summed E-state index contributed by atoms with van der Waals surface area (Å²) in [5.74, 6) is 1.94. The molecule has 1 saturated carbocycles. The molecular formula is C13H15ClO2. The van der Waals surface area contributed by atoms with E-state index in [1.807, 2.05) is 6.07 Å². The van der Waals surface area contributed by atoms with Crippen molar-refractivity contribution in [3.05, 3.63) is 27.8 Å². The number of fused-ring (bicyclic) bond motifs is 5. The molecule has 0 spiro atoms. The first kappa shape index (κ1) is 10.4. The summed E-state index contributed by atoms with van der Waals surface area (Å²) in [5.41, 5.74) is 3.59. The summed E-state index contributed by atoms with van der Waals surface area (Å²) < 4.78 is 5.31. The molecule has 16 heavy (non-hydrogen) atoms. The minimum Gasteiger partial charge on any atom is -0.495 e. The second-order valence-electron chi connectivity index (χ2n) is 4.74. The third-order valence-electron chi connectivity index (χ3n) is 4.05. The van der Waals surface area contributed by atoms with Gasteiger partial charge in [0.05, 0.1) is 18.7 Å². The summed E-state index contributed by atoms with van der Waals surface area (Å²) in [6, 6.07) is 2.04. The van der Waals surface area contributed by atoms with Gasteiger partial charge < -0.3 is 9.84 Å². The first-order chi connectivity index (χ1) is 7.76. The van der Waals surface area contributed by atoms with Crippen molar-refractivity contribution in [1.82, 2.24) is 0 Å². The number of aliphatic hydroxyl groups is 1. The average molecular weight is 239 g/mol. The van der Waals surface area contributed by atoms with Gasteiger partial charge >= 0.3 is 0 Å². The molecule has 2 atom stereocenters. The highest BCUT2D eigenvalue weighted by atomic mass is 35.5. The quantitative estimate of drug-likeness (QED) is 0.858.